The van der Waals surface area contributed by atoms with Gasteiger partial charge in [0.25, 0.3) is 5.78 Å². The van der Waals surface area contributed by atoms with E-state index in [1.54, 1.807) is 0 Å². The lowest BCUT2D eigenvalue weighted by Crippen LogP contribution is -2.46. The van der Waals surface area contributed by atoms with E-state index in [1.165, 1.54) is 16.3 Å². The first-order valence-corrected chi connectivity index (χ1v) is 9.40. The van der Waals surface area contributed by atoms with Gasteiger partial charge in [-0.2, -0.15) is 9.50 Å². The Hall–Kier alpha value is -2.99. The Bertz CT molecular complexity index is 1090. The molecule has 0 spiro atoms. The number of aryl methyl sites for hydroxylation is 1. The molecule has 27 heavy (non-hydrogen) atoms. The number of fused-ring (bicyclic) bond motifs is 2. The van der Waals surface area contributed by atoms with Crippen molar-refractivity contribution in [1.82, 2.24) is 24.5 Å². The number of nitrogens with zero attached hydrogens (tertiary/aromatic N) is 6. The van der Waals surface area contributed by atoms with E-state index >= 15 is 0 Å². The second-order valence-corrected chi connectivity index (χ2v) is 7.08. The molecule has 2 aromatic heterocycles. The van der Waals surface area contributed by atoms with E-state index in [-0.39, 0.29) is 0 Å². The molecule has 0 atom stereocenters. The molecule has 1 saturated heterocycles. The van der Waals surface area contributed by atoms with Crippen molar-refractivity contribution >= 4 is 22.4 Å². The van der Waals surface area contributed by atoms with Crippen LogP contribution in [0, 0.1) is 6.92 Å². The molecule has 4 aromatic rings. The molecule has 1 aliphatic heterocycles. The summed E-state index contributed by atoms with van der Waals surface area (Å²) in [6.07, 6.45) is 1.82. The molecule has 0 N–H and O–H groups in total. The van der Waals surface area contributed by atoms with Gasteiger partial charge in [0.1, 0.15) is 11.6 Å². The van der Waals surface area contributed by atoms with Gasteiger partial charge in [0.15, 0.2) is 0 Å². The third-order valence-electron chi connectivity index (χ3n) is 5.30. The number of anilines is 1. The van der Waals surface area contributed by atoms with Gasteiger partial charge in [-0.25, -0.2) is 4.98 Å². The van der Waals surface area contributed by atoms with Crippen LogP contribution < -0.4 is 4.90 Å². The minimum atomic E-state index is 0.670. The summed E-state index contributed by atoms with van der Waals surface area (Å²) < 4.78 is 1.86. The Labute approximate surface area is 158 Å². The van der Waals surface area contributed by atoms with Crippen LogP contribution in [0.3, 0.4) is 0 Å². The molecule has 0 unspecified atom stereocenters. The van der Waals surface area contributed by atoms with E-state index < -0.39 is 0 Å². The predicted molar refractivity (Wildman–Crippen MR) is 107 cm³/mol. The normalized spacial score (nSPS) is 15.7. The Morgan fingerprint density at radius 3 is 2.63 bits per heavy atom. The maximum absolute atomic E-state index is 4.50. The molecule has 6 nitrogen and oxygen atoms in total. The largest absolute Gasteiger partial charge is 0.354 e. The number of hydrogen-bond donors (Lipinski definition) is 0. The molecule has 3 heterocycles. The van der Waals surface area contributed by atoms with Crippen LogP contribution in [-0.2, 0) is 6.54 Å². The summed E-state index contributed by atoms with van der Waals surface area (Å²) in [6, 6.07) is 17.3. The maximum Gasteiger partial charge on any atom is 0.254 e. The number of hydrogen-bond acceptors (Lipinski definition) is 5. The quantitative estimate of drug-likeness (QED) is 0.564. The molecule has 136 valence electrons. The molecule has 2 aromatic carbocycles. The molecule has 0 aliphatic carbocycles. The topological polar surface area (TPSA) is 49.6 Å². The number of rotatable bonds is 3. The first kappa shape index (κ1) is 16.2. The highest BCUT2D eigenvalue weighted by molar-refractivity contribution is 5.85. The van der Waals surface area contributed by atoms with Crippen LogP contribution >= 0.6 is 0 Å². The Kier molecular flexibility index (Phi) is 3.98. The van der Waals surface area contributed by atoms with Crippen LogP contribution in [0.4, 0.5) is 5.82 Å². The van der Waals surface area contributed by atoms with Gasteiger partial charge in [0, 0.05) is 38.9 Å². The monoisotopic (exact) mass is 358 g/mol. The minimum absolute atomic E-state index is 0.670. The molecule has 0 saturated carbocycles. The average molecular weight is 358 g/mol. The maximum atomic E-state index is 4.50. The van der Waals surface area contributed by atoms with Crippen LogP contribution in [0.2, 0.25) is 0 Å². The molecule has 1 aliphatic rings. The average Bonchev–Trinajstić information content (AvgIpc) is 3.09. The van der Waals surface area contributed by atoms with Gasteiger partial charge in [0.05, 0.1) is 0 Å². The lowest BCUT2D eigenvalue weighted by molar-refractivity contribution is 0.250. The summed E-state index contributed by atoms with van der Waals surface area (Å²) in [5.41, 5.74) is 1.40. The van der Waals surface area contributed by atoms with Crippen molar-refractivity contribution < 1.29 is 0 Å². The van der Waals surface area contributed by atoms with Crippen molar-refractivity contribution in [3.05, 3.63) is 66.1 Å². The molecule has 1 fully saturated rings. The van der Waals surface area contributed by atoms with Gasteiger partial charge in [-0.05, 0) is 29.3 Å². The highest BCUT2D eigenvalue weighted by atomic mass is 15.4. The summed E-state index contributed by atoms with van der Waals surface area (Å²) in [6.45, 7) is 6.90. The standard InChI is InChI=1S/C21H22N6/c1-16-23-21-22-10-9-20(27(21)24-16)26-13-11-25(12-14-26)15-18-7-4-6-17-5-2-3-8-19(17)18/h2-10H,11-15H2,1H3. The van der Waals surface area contributed by atoms with Gasteiger partial charge >= 0.3 is 0 Å². The van der Waals surface area contributed by atoms with Crippen molar-refractivity contribution in [3.8, 4) is 0 Å². The predicted octanol–water partition coefficient (Wildman–Crippen LogP) is 2.91. The summed E-state index contributed by atoms with van der Waals surface area (Å²) in [5.74, 6) is 2.50. The highest BCUT2D eigenvalue weighted by Crippen LogP contribution is 2.22. The van der Waals surface area contributed by atoms with Crippen molar-refractivity contribution in [3.63, 3.8) is 0 Å². The molecule has 0 radical (unpaired) electrons. The third kappa shape index (κ3) is 3.02. The zero-order valence-corrected chi connectivity index (χ0v) is 15.4. The van der Waals surface area contributed by atoms with Crippen LogP contribution in [0.1, 0.15) is 11.4 Å². The minimum Gasteiger partial charge on any atom is -0.354 e. The van der Waals surface area contributed by atoms with E-state index in [9.17, 15) is 0 Å². The van der Waals surface area contributed by atoms with Crippen molar-refractivity contribution in [2.45, 2.75) is 13.5 Å². The first-order valence-electron chi connectivity index (χ1n) is 9.40. The van der Waals surface area contributed by atoms with Gasteiger partial charge < -0.3 is 4.90 Å². The van der Waals surface area contributed by atoms with Gasteiger partial charge in [-0.15, -0.1) is 5.10 Å². The van der Waals surface area contributed by atoms with Crippen molar-refractivity contribution in [1.29, 1.82) is 0 Å². The number of aromatic nitrogens is 4. The first-order chi connectivity index (χ1) is 13.3. The fraction of sp³-hybridized carbons (Fsp3) is 0.286. The summed E-state index contributed by atoms with van der Waals surface area (Å²) in [4.78, 5) is 13.6. The zero-order chi connectivity index (χ0) is 18.2. The Morgan fingerprint density at radius 1 is 0.926 bits per heavy atom. The Balaban J connectivity index is 1.33. The van der Waals surface area contributed by atoms with E-state index in [0.717, 1.165) is 44.4 Å². The zero-order valence-electron chi connectivity index (χ0n) is 15.4. The summed E-state index contributed by atoms with van der Waals surface area (Å²) >= 11 is 0. The smallest absolute Gasteiger partial charge is 0.254 e. The van der Waals surface area contributed by atoms with Crippen LogP contribution in [-0.4, -0.2) is 50.7 Å². The van der Waals surface area contributed by atoms with Crippen molar-refractivity contribution in [2.75, 3.05) is 31.1 Å². The lowest BCUT2D eigenvalue weighted by Gasteiger charge is -2.36. The molecule has 6 heteroatoms. The van der Waals surface area contributed by atoms with Gasteiger partial charge in [0.2, 0.25) is 0 Å². The van der Waals surface area contributed by atoms with Crippen LogP contribution in [0.5, 0.6) is 0 Å². The second kappa shape index (κ2) is 6.63. The molecular formula is C21H22N6. The van der Waals surface area contributed by atoms with Gasteiger partial charge in [-0.3, -0.25) is 4.90 Å². The third-order valence-corrected chi connectivity index (χ3v) is 5.30. The van der Waals surface area contributed by atoms with E-state index in [1.807, 2.05) is 23.7 Å². The van der Waals surface area contributed by atoms with Crippen LogP contribution in [0.25, 0.3) is 16.6 Å². The number of benzene rings is 2. The number of piperazine rings is 1. The van der Waals surface area contributed by atoms with E-state index in [0.29, 0.717) is 5.78 Å². The summed E-state index contributed by atoms with van der Waals surface area (Å²) in [7, 11) is 0. The Morgan fingerprint density at radius 2 is 1.74 bits per heavy atom. The molecule has 5 rings (SSSR count). The van der Waals surface area contributed by atoms with Crippen LogP contribution in [0.15, 0.2) is 54.7 Å². The second-order valence-electron chi connectivity index (χ2n) is 7.08. The SMILES string of the molecule is Cc1nc2nccc(N3CCN(Cc4cccc5ccccc45)CC3)n2n1. The van der Waals surface area contributed by atoms with Crippen molar-refractivity contribution in [2.24, 2.45) is 0 Å². The fourth-order valence-electron chi connectivity index (χ4n) is 3.93. The highest BCUT2D eigenvalue weighted by Gasteiger charge is 2.20. The molecule has 0 amide bonds. The lowest BCUT2D eigenvalue weighted by atomic mass is 10.0. The van der Waals surface area contributed by atoms with E-state index in [4.69, 9.17) is 0 Å². The molecule has 0 bridgehead atoms. The van der Waals surface area contributed by atoms with E-state index in [2.05, 4.69) is 67.3 Å². The fourth-order valence-corrected chi connectivity index (χ4v) is 3.93. The molecular weight excluding hydrogens is 336 g/mol. The summed E-state index contributed by atoms with van der Waals surface area (Å²) in [5, 5.41) is 7.17. The van der Waals surface area contributed by atoms with Gasteiger partial charge in [-0.1, -0.05) is 42.5 Å².